The molecule has 0 unspecified atom stereocenters. The SMILES string of the molecule is CCNC=O.N#CCCC1CCN(c2cc(N3CCCC3)nc(C(F)(F)F)n2)CC1. The van der Waals surface area contributed by atoms with Gasteiger partial charge in [-0.05, 0) is 44.9 Å². The van der Waals surface area contributed by atoms with Crippen molar-refractivity contribution in [3.63, 3.8) is 0 Å². The highest BCUT2D eigenvalue weighted by Crippen LogP contribution is 2.32. The van der Waals surface area contributed by atoms with Gasteiger partial charge in [-0.1, -0.05) is 0 Å². The molecule has 0 radical (unpaired) electrons. The molecular weight excluding hydrogens is 397 g/mol. The number of hydrogen-bond acceptors (Lipinski definition) is 6. The number of aromatic nitrogens is 2. The predicted octanol–water partition coefficient (Wildman–Crippen LogP) is 3.37. The van der Waals surface area contributed by atoms with Crippen molar-refractivity contribution in [3.05, 3.63) is 11.9 Å². The molecule has 1 amide bonds. The molecular formula is C20H29F3N6O. The van der Waals surface area contributed by atoms with Gasteiger partial charge in [-0.2, -0.15) is 18.4 Å². The van der Waals surface area contributed by atoms with Crippen LogP contribution in [0.1, 0.15) is 51.3 Å². The normalized spacial score (nSPS) is 17.2. The average Bonchev–Trinajstić information content (AvgIpc) is 3.28. The summed E-state index contributed by atoms with van der Waals surface area (Å²) in [5.41, 5.74) is 0. The van der Waals surface area contributed by atoms with Gasteiger partial charge in [0.25, 0.3) is 0 Å². The fourth-order valence-corrected chi connectivity index (χ4v) is 3.62. The van der Waals surface area contributed by atoms with Crippen molar-refractivity contribution >= 4 is 18.0 Å². The third-order valence-corrected chi connectivity index (χ3v) is 5.27. The Kier molecular flexibility index (Phi) is 9.15. The van der Waals surface area contributed by atoms with Crippen LogP contribution in [0.25, 0.3) is 0 Å². The van der Waals surface area contributed by atoms with Gasteiger partial charge in [0.1, 0.15) is 11.6 Å². The zero-order valence-electron chi connectivity index (χ0n) is 17.3. The summed E-state index contributed by atoms with van der Waals surface area (Å²) in [7, 11) is 0. The fraction of sp³-hybridized carbons (Fsp3) is 0.700. The van der Waals surface area contributed by atoms with Crippen LogP contribution in [-0.4, -0.2) is 49.1 Å². The number of rotatable bonds is 6. The van der Waals surface area contributed by atoms with Crippen molar-refractivity contribution in [2.24, 2.45) is 5.92 Å². The maximum absolute atomic E-state index is 13.2. The summed E-state index contributed by atoms with van der Waals surface area (Å²) in [6, 6.07) is 3.85. The highest BCUT2D eigenvalue weighted by atomic mass is 19.4. The van der Waals surface area contributed by atoms with Crippen molar-refractivity contribution in [3.8, 4) is 6.07 Å². The Labute approximate surface area is 175 Å². The second kappa shape index (κ2) is 11.6. The van der Waals surface area contributed by atoms with Gasteiger partial charge in [-0.25, -0.2) is 9.97 Å². The van der Waals surface area contributed by atoms with Gasteiger partial charge in [-0.15, -0.1) is 0 Å². The first-order chi connectivity index (χ1) is 14.4. The summed E-state index contributed by atoms with van der Waals surface area (Å²) >= 11 is 0. The summed E-state index contributed by atoms with van der Waals surface area (Å²) in [6.07, 6.45) is 1.25. The standard InChI is InChI=1S/C17H22F3N5.C3H7NO/c18-17(19,20)16-22-14(24-8-1-2-9-24)12-15(23-16)25-10-5-13(6-11-25)4-3-7-21;1-2-4-3-5/h12-13H,1-6,8-11H2;3H,2H2,1H3,(H,4,5). The van der Waals surface area contributed by atoms with Crippen LogP contribution in [0.5, 0.6) is 0 Å². The molecule has 0 saturated carbocycles. The van der Waals surface area contributed by atoms with Gasteiger partial charge >= 0.3 is 6.18 Å². The van der Waals surface area contributed by atoms with E-state index in [0.717, 1.165) is 51.7 Å². The lowest BCUT2D eigenvalue weighted by Gasteiger charge is -2.33. The van der Waals surface area contributed by atoms with Crippen LogP contribution in [-0.2, 0) is 11.0 Å². The van der Waals surface area contributed by atoms with E-state index in [-0.39, 0.29) is 0 Å². The Morgan fingerprint density at radius 1 is 1.17 bits per heavy atom. The maximum atomic E-state index is 13.2. The molecule has 0 spiro atoms. The number of carbonyl (C=O) groups is 1. The molecule has 0 aliphatic carbocycles. The first kappa shape index (κ1) is 23.7. The van der Waals surface area contributed by atoms with Crippen LogP contribution in [0, 0.1) is 17.2 Å². The first-order valence-electron chi connectivity index (χ1n) is 10.4. The first-order valence-corrected chi connectivity index (χ1v) is 10.4. The van der Waals surface area contributed by atoms with Crippen LogP contribution < -0.4 is 15.1 Å². The Morgan fingerprint density at radius 3 is 2.17 bits per heavy atom. The lowest BCUT2D eigenvalue weighted by atomic mass is 9.92. The molecule has 2 aliphatic rings. The molecule has 3 rings (SSSR count). The average molecular weight is 426 g/mol. The number of halogens is 3. The van der Waals surface area contributed by atoms with Gasteiger partial charge in [0.15, 0.2) is 0 Å². The molecule has 30 heavy (non-hydrogen) atoms. The van der Waals surface area contributed by atoms with E-state index in [4.69, 9.17) is 5.26 Å². The molecule has 0 atom stereocenters. The monoisotopic (exact) mass is 426 g/mol. The van der Waals surface area contributed by atoms with E-state index in [1.54, 1.807) is 6.07 Å². The third-order valence-electron chi connectivity index (χ3n) is 5.27. The second-order valence-corrected chi connectivity index (χ2v) is 7.40. The summed E-state index contributed by atoms with van der Waals surface area (Å²) in [4.78, 5) is 20.7. The Bertz CT molecular complexity index is 707. The van der Waals surface area contributed by atoms with E-state index < -0.39 is 12.0 Å². The van der Waals surface area contributed by atoms with Gasteiger partial charge in [0, 0.05) is 45.2 Å². The number of anilines is 2. The number of nitriles is 1. The smallest absolute Gasteiger partial charge is 0.359 e. The van der Waals surface area contributed by atoms with Gasteiger partial charge in [0.05, 0.1) is 6.07 Å². The number of amides is 1. The highest BCUT2D eigenvalue weighted by molar-refractivity contribution is 5.52. The summed E-state index contributed by atoms with van der Waals surface area (Å²) < 4.78 is 39.6. The number of hydrogen-bond donors (Lipinski definition) is 1. The molecule has 7 nitrogen and oxygen atoms in total. The summed E-state index contributed by atoms with van der Waals surface area (Å²) in [5, 5.41) is 11.1. The topological polar surface area (TPSA) is 85.2 Å². The second-order valence-electron chi connectivity index (χ2n) is 7.40. The number of piperidine rings is 1. The third kappa shape index (κ3) is 7.04. The van der Waals surface area contributed by atoms with E-state index in [0.29, 0.717) is 43.5 Å². The van der Waals surface area contributed by atoms with Crippen LogP contribution in [0.2, 0.25) is 0 Å². The number of carbonyl (C=O) groups excluding carboxylic acids is 1. The molecule has 1 aromatic heterocycles. The fourth-order valence-electron chi connectivity index (χ4n) is 3.62. The van der Waals surface area contributed by atoms with Crippen molar-refractivity contribution < 1.29 is 18.0 Å². The zero-order valence-corrected chi connectivity index (χ0v) is 17.3. The molecule has 10 heteroatoms. The molecule has 2 saturated heterocycles. The quantitative estimate of drug-likeness (QED) is 0.702. The summed E-state index contributed by atoms with van der Waals surface area (Å²) in [6.45, 7) is 5.42. The van der Waals surface area contributed by atoms with Crippen LogP contribution in [0.4, 0.5) is 24.8 Å². The Balaban J connectivity index is 0.000000575. The van der Waals surface area contributed by atoms with E-state index in [2.05, 4.69) is 21.4 Å². The van der Waals surface area contributed by atoms with E-state index in [1.165, 1.54) is 0 Å². The molecule has 0 aromatic carbocycles. The predicted molar refractivity (Wildman–Crippen MR) is 108 cm³/mol. The Hall–Kier alpha value is -2.57. The van der Waals surface area contributed by atoms with Crippen molar-refractivity contribution in [2.45, 2.75) is 51.6 Å². The molecule has 0 bridgehead atoms. The molecule has 2 aliphatic heterocycles. The minimum atomic E-state index is -4.55. The van der Waals surface area contributed by atoms with Gasteiger partial charge in [0.2, 0.25) is 12.2 Å². The number of nitrogens with zero attached hydrogens (tertiary/aromatic N) is 5. The van der Waals surface area contributed by atoms with Crippen molar-refractivity contribution in [1.29, 1.82) is 5.26 Å². The van der Waals surface area contributed by atoms with Gasteiger partial charge in [-0.3, -0.25) is 4.79 Å². The van der Waals surface area contributed by atoms with Gasteiger partial charge < -0.3 is 15.1 Å². The summed E-state index contributed by atoms with van der Waals surface area (Å²) in [5.74, 6) is 0.153. The zero-order chi connectivity index (χ0) is 22.0. The minimum absolute atomic E-state index is 0.364. The number of alkyl halides is 3. The van der Waals surface area contributed by atoms with Crippen LogP contribution in [0.15, 0.2) is 6.07 Å². The Morgan fingerprint density at radius 2 is 1.73 bits per heavy atom. The molecule has 2 fully saturated rings. The molecule has 1 N–H and O–H groups in total. The lowest BCUT2D eigenvalue weighted by molar-refractivity contribution is -0.144. The lowest BCUT2D eigenvalue weighted by Crippen LogP contribution is -2.35. The van der Waals surface area contributed by atoms with Crippen molar-refractivity contribution in [1.82, 2.24) is 15.3 Å². The highest BCUT2D eigenvalue weighted by Gasteiger charge is 2.36. The number of nitrogens with one attached hydrogen (secondary N) is 1. The molecule has 1 aromatic rings. The van der Waals surface area contributed by atoms with Crippen LogP contribution in [0.3, 0.4) is 0 Å². The minimum Gasteiger partial charge on any atom is -0.359 e. The largest absolute Gasteiger partial charge is 0.451 e. The molecule has 3 heterocycles. The van der Waals surface area contributed by atoms with E-state index in [9.17, 15) is 18.0 Å². The van der Waals surface area contributed by atoms with E-state index >= 15 is 0 Å². The van der Waals surface area contributed by atoms with E-state index in [1.807, 2.05) is 16.7 Å². The molecule has 166 valence electrons. The van der Waals surface area contributed by atoms with Crippen molar-refractivity contribution in [2.75, 3.05) is 42.5 Å². The van der Waals surface area contributed by atoms with Crippen LogP contribution >= 0.6 is 0 Å². The maximum Gasteiger partial charge on any atom is 0.451 e.